The number of fused-ring (bicyclic) bond motifs is 1. The summed E-state index contributed by atoms with van der Waals surface area (Å²) < 4.78 is 37.2. The van der Waals surface area contributed by atoms with Crippen LogP contribution in [0, 0.1) is 0 Å². The number of ether oxygens (including phenoxy) is 6. The maximum absolute atomic E-state index is 6.51. The van der Waals surface area contributed by atoms with Crippen molar-refractivity contribution in [2.24, 2.45) is 0 Å². The standard InChI is InChI=1S/C48H34O6/c1-3-15-36(16-4-1)49-38-27-29-39(30-28-38)51-41-21-12-25-45(33-41)54-48-26-8-7-13-35-14-9-19-46(34-47(35)48)53-44-24-11-23-43(32-44)52-42-22-10-20-40(31-42)50-37-17-5-2-6-18-37/h1-34H. The maximum Gasteiger partial charge on any atom is 0.135 e. The average molecular weight is 707 g/mol. The first-order valence-corrected chi connectivity index (χ1v) is 17.5. The zero-order valence-corrected chi connectivity index (χ0v) is 29.1. The molecule has 0 amide bonds. The van der Waals surface area contributed by atoms with E-state index in [-0.39, 0.29) is 0 Å². The highest BCUT2D eigenvalue weighted by Gasteiger charge is 2.15. The van der Waals surface area contributed by atoms with Gasteiger partial charge in [-0.15, -0.1) is 0 Å². The Bertz CT molecular complexity index is 2420. The Morgan fingerprint density at radius 1 is 0.296 bits per heavy atom. The van der Waals surface area contributed by atoms with Gasteiger partial charge in [0.2, 0.25) is 0 Å². The van der Waals surface area contributed by atoms with Crippen LogP contribution in [-0.4, -0.2) is 0 Å². The summed E-state index contributed by atoms with van der Waals surface area (Å²) in [6.45, 7) is 0. The number of hydrogen-bond donors (Lipinski definition) is 0. The summed E-state index contributed by atoms with van der Waals surface area (Å²) in [6, 6.07) is 49.4. The van der Waals surface area contributed by atoms with Crippen molar-refractivity contribution in [3.8, 4) is 57.5 Å². The fourth-order valence-electron chi connectivity index (χ4n) is 5.68. The fourth-order valence-corrected chi connectivity index (χ4v) is 5.68. The third-order valence-electron chi connectivity index (χ3n) is 8.17. The van der Waals surface area contributed by atoms with Crippen molar-refractivity contribution in [2.45, 2.75) is 0 Å². The van der Waals surface area contributed by atoms with E-state index in [9.17, 15) is 0 Å². The molecule has 6 heteroatoms. The van der Waals surface area contributed by atoms with Gasteiger partial charge in [-0.05, 0) is 109 Å². The maximum atomic E-state index is 6.51. The van der Waals surface area contributed by atoms with Crippen LogP contribution in [0.15, 0.2) is 229 Å². The Hall–Kier alpha value is -7.44. The van der Waals surface area contributed by atoms with Gasteiger partial charge in [-0.25, -0.2) is 0 Å². The molecule has 6 aromatic rings. The topological polar surface area (TPSA) is 55.4 Å². The minimum absolute atomic E-state index is 0.621. The number of hydrogen-bond acceptors (Lipinski definition) is 6. The first kappa shape index (κ1) is 33.7. The summed E-state index contributed by atoms with van der Waals surface area (Å²) in [5.41, 5.74) is 1.84. The molecule has 8 rings (SSSR count). The van der Waals surface area contributed by atoms with Gasteiger partial charge in [-0.3, -0.25) is 0 Å². The Balaban J connectivity index is 0.967. The van der Waals surface area contributed by atoms with E-state index in [1.54, 1.807) is 0 Å². The fraction of sp³-hybridized carbons (Fsp3) is 0. The van der Waals surface area contributed by atoms with Crippen molar-refractivity contribution < 1.29 is 28.4 Å². The molecule has 262 valence electrons. The molecular weight excluding hydrogens is 673 g/mol. The molecule has 0 fully saturated rings. The van der Waals surface area contributed by atoms with Gasteiger partial charge in [-0.2, -0.15) is 0 Å². The Morgan fingerprint density at radius 2 is 0.704 bits per heavy atom. The molecule has 6 aromatic carbocycles. The second kappa shape index (κ2) is 16.3. The van der Waals surface area contributed by atoms with Gasteiger partial charge in [0.1, 0.15) is 69.0 Å². The highest BCUT2D eigenvalue weighted by molar-refractivity contribution is 5.58. The van der Waals surface area contributed by atoms with Crippen LogP contribution in [0.1, 0.15) is 0 Å². The van der Waals surface area contributed by atoms with E-state index in [0.29, 0.717) is 51.8 Å². The molecule has 0 bridgehead atoms. The molecule has 0 radical (unpaired) electrons. The molecule has 0 heterocycles. The minimum Gasteiger partial charge on any atom is -0.457 e. The van der Waals surface area contributed by atoms with Gasteiger partial charge >= 0.3 is 0 Å². The van der Waals surface area contributed by atoms with E-state index in [4.69, 9.17) is 28.4 Å². The van der Waals surface area contributed by atoms with Crippen LogP contribution >= 0.6 is 0 Å². The monoisotopic (exact) mass is 706 g/mol. The normalized spacial score (nSPS) is 13.1. The Labute approximate surface area is 314 Å². The number of benzene rings is 6. The predicted molar refractivity (Wildman–Crippen MR) is 211 cm³/mol. The van der Waals surface area contributed by atoms with Crippen molar-refractivity contribution in [1.29, 1.82) is 0 Å². The van der Waals surface area contributed by atoms with Gasteiger partial charge in [0.15, 0.2) is 0 Å². The molecule has 0 aromatic heterocycles. The van der Waals surface area contributed by atoms with Crippen LogP contribution in [0.2, 0.25) is 0 Å². The van der Waals surface area contributed by atoms with E-state index >= 15 is 0 Å². The van der Waals surface area contributed by atoms with E-state index in [0.717, 1.165) is 28.4 Å². The van der Waals surface area contributed by atoms with Crippen molar-refractivity contribution in [3.05, 3.63) is 229 Å². The lowest BCUT2D eigenvalue weighted by molar-refractivity contribution is 0.426. The van der Waals surface area contributed by atoms with E-state index in [2.05, 4.69) is 0 Å². The summed E-state index contributed by atoms with van der Waals surface area (Å²) in [6.07, 6.45) is 15.8. The Morgan fingerprint density at radius 3 is 1.24 bits per heavy atom. The molecule has 2 aliphatic rings. The molecule has 54 heavy (non-hydrogen) atoms. The molecule has 0 aliphatic heterocycles. The minimum atomic E-state index is 0.621. The smallest absolute Gasteiger partial charge is 0.135 e. The highest BCUT2D eigenvalue weighted by Crippen LogP contribution is 2.34. The molecule has 2 aliphatic carbocycles. The van der Waals surface area contributed by atoms with Crippen LogP contribution in [0.25, 0.3) is 0 Å². The lowest BCUT2D eigenvalue weighted by atomic mass is 10.0. The second-order valence-electron chi connectivity index (χ2n) is 12.2. The van der Waals surface area contributed by atoms with Crippen LogP contribution in [0.5, 0.6) is 57.5 Å². The van der Waals surface area contributed by atoms with Gasteiger partial charge < -0.3 is 28.4 Å². The third-order valence-corrected chi connectivity index (χ3v) is 8.17. The predicted octanol–water partition coefficient (Wildman–Crippen LogP) is 13.1. The summed E-state index contributed by atoms with van der Waals surface area (Å²) in [5, 5.41) is 0. The molecule has 0 atom stereocenters. The highest BCUT2D eigenvalue weighted by atomic mass is 16.5. The van der Waals surface area contributed by atoms with Crippen molar-refractivity contribution in [2.75, 3.05) is 0 Å². The third kappa shape index (κ3) is 8.88. The van der Waals surface area contributed by atoms with Crippen molar-refractivity contribution >= 4 is 0 Å². The van der Waals surface area contributed by atoms with Gasteiger partial charge in [0.05, 0.1) is 0 Å². The molecule has 0 N–H and O–H groups in total. The number of para-hydroxylation sites is 2. The molecule has 0 unspecified atom stereocenters. The Kier molecular flexibility index (Phi) is 10.2. The summed E-state index contributed by atoms with van der Waals surface area (Å²) in [4.78, 5) is 0. The largest absolute Gasteiger partial charge is 0.457 e. The first-order chi connectivity index (χ1) is 26.7. The molecule has 0 saturated heterocycles. The first-order valence-electron chi connectivity index (χ1n) is 17.5. The van der Waals surface area contributed by atoms with Gasteiger partial charge in [-0.1, -0.05) is 85.0 Å². The average Bonchev–Trinajstić information content (AvgIpc) is 3.51. The van der Waals surface area contributed by atoms with Crippen LogP contribution < -0.4 is 28.4 Å². The lowest BCUT2D eigenvalue weighted by Crippen LogP contribution is -2.00. The zero-order chi connectivity index (χ0) is 36.4. The van der Waals surface area contributed by atoms with E-state index in [1.165, 1.54) is 0 Å². The zero-order valence-electron chi connectivity index (χ0n) is 29.1. The summed E-state index contributed by atoms with van der Waals surface area (Å²) in [5.74, 6) is 8.07. The van der Waals surface area contributed by atoms with Gasteiger partial charge in [0.25, 0.3) is 0 Å². The summed E-state index contributed by atoms with van der Waals surface area (Å²) >= 11 is 0. The molecule has 0 spiro atoms. The number of rotatable bonds is 12. The molecule has 6 nitrogen and oxygen atoms in total. The van der Waals surface area contributed by atoms with Crippen molar-refractivity contribution in [1.82, 2.24) is 0 Å². The lowest BCUT2D eigenvalue weighted by Gasteiger charge is -2.14. The molecule has 0 saturated carbocycles. The van der Waals surface area contributed by atoms with Crippen LogP contribution in [0.4, 0.5) is 0 Å². The quantitative estimate of drug-likeness (QED) is 0.126. The van der Waals surface area contributed by atoms with Crippen molar-refractivity contribution in [3.63, 3.8) is 0 Å². The van der Waals surface area contributed by atoms with Gasteiger partial charge in [0, 0.05) is 23.8 Å². The van der Waals surface area contributed by atoms with Crippen LogP contribution in [-0.2, 0) is 0 Å². The SMILES string of the molecule is C1=CC(Oc2cccc(Oc3cccc(Oc4ccccc4)c3)c2)=CC2=C(Oc3cccc(Oc4ccc(Oc5ccccc5)cc4)c3)C=CC=CC2=C1. The number of allylic oxidation sites excluding steroid dienone is 10. The van der Waals surface area contributed by atoms with E-state index < -0.39 is 0 Å². The second-order valence-corrected chi connectivity index (χ2v) is 12.2. The molecular formula is C48H34O6. The summed E-state index contributed by atoms with van der Waals surface area (Å²) in [7, 11) is 0. The van der Waals surface area contributed by atoms with E-state index in [1.807, 2.05) is 206 Å². The van der Waals surface area contributed by atoms with Crippen LogP contribution in [0.3, 0.4) is 0 Å².